The van der Waals surface area contributed by atoms with Crippen molar-refractivity contribution >= 4 is 29.4 Å². The number of carbonyl (C=O) groups is 4. The predicted molar refractivity (Wildman–Crippen MR) is 143 cm³/mol. The molecule has 4 aliphatic rings. The number of para-hydroxylation sites is 1. The molecule has 2 atom stereocenters. The average molecular weight is 524 g/mol. The average Bonchev–Trinajstić information content (AvgIpc) is 2.95. The Morgan fingerprint density at radius 2 is 1.66 bits per heavy atom. The van der Waals surface area contributed by atoms with Crippen LogP contribution in [0.5, 0.6) is 0 Å². The van der Waals surface area contributed by atoms with Crippen molar-refractivity contribution in [3.8, 4) is 0 Å². The molecule has 0 saturated carbocycles. The first-order valence-corrected chi connectivity index (χ1v) is 14.0. The van der Waals surface area contributed by atoms with Crippen molar-refractivity contribution in [2.45, 2.75) is 76.0 Å². The molecule has 1 aromatic rings. The minimum atomic E-state index is -0.810. The Morgan fingerprint density at radius 3 is 2.39 bits per heavy atom. The van der Waals surface area contributed by atoms with Gasteiger partial charge in [-0.25, -0.2) is 4.79 Å². The fraction of sp³-hybridized carbons (Fsp3) is 0.607. The van der Waals surface area contributed by atoms with E-state index in [2.05, 4.69) is 10.2 Å². The number of anilines is 1. The number of rotatable bonds is 6. The van der Waals surface area contributed by atoms with E-state index in [0.717, 1.165) is 37.2 Å². The van der Waals surface area contributed by atoms with Gasteiger partial charge in [-0.15, -0.1) is 0 Å². The van der Waals surface area contributed by atoms with Crippen molar-refractivity contribution in [2.24, 2.45) is 5.73 Å². The number of fused-ring (bicyclic) bond motifs is 1. The van der Waals surface area contributed by atoms with Crippen LogP contribution in [0.4, 0.5) is 10.5 Å². The van der Waals surface area contributed by atoms with Gasteiger partial charge in [0.15, 0.2) is 0 Å². The number of benzene rings is 1. The molecule has 0 spiro atoms. The first kappa shape index (κ1) is 26.5. The van der Waals surface area contributed by atoms with Gasteiger partial charge in [-0.1, -0.05) is 24.6 Å². The number of urea groups is 1. The summed E-state index contributed by atoms with van der Waals surface area (Å²) in [6.45, 7) is 4.50. The summed E-state index contributed by atoms with van der Waals surface area (Å²) in [7, 11) is 0. The minimum absolute atomic E-state index is 0.0586. The second-order valence-electron chi connectivity index (χ2n) is 11.0. The molecule has 0 aromatic heterocycles. The molecule has 3 saturated heterocycles. The number of nitrogens with one attached hydrogen (secondary N) is 1. The van der Waals surface area contributed by atoms with Crippen LogP contribution >= 0.6 is 0 Å². The number of carbonyl (C=O) groups excluding carboxylic acids is 4. The van der Waals surface area contributed by atoms with E-state index < -0.39 is 11.9 Å². The van der Waals surface area contributed by atoms with Gasteiger partial charge in [0, 0.05) is 50.4 Å². The summed E-state index contributed by atoms with van der Waals surface area (Å²) in [4.78, 5) is 58.6. The molecule has 2 unspecified atom stereocenters. The number of primary amides is 1. The van der Waals surface area contributed by atoms with E-state index in [1.54, 1.807) is 4.90 Å². The second-order valence-corrected chi connectivity index (χ2v) is 11.0. The largest absolute Gasteiger partial charge is 0.368 e. The molecule has 5 rings (SSSR count). The molecule has 10 heteroatoms. The van der Waals surface area contributed by atoms with Crippen molar-refractivity contribution in [1.82, 2.24) is 19.6 Å². The molecule has 10 nitrogen and oxygen atoms in total. The highest BCUT2D eigenvalue weighted by molar-refractivity contribution is 5.94. The molecule has 1 aromatic carbocycles. The Balaban J connectivity index is 1.11. The van der Waals surface area contributed by atoms with Crippen molar-refractivity contribution in [3.05, 3.63) is 36.2 Å². The fourth-order valence-corrected chi connectivity index (χ4v) is 6.47. The molecule has 0 aliphatic carbocycles. The Labute approximate surface area is 224 Å². The number of hydrogen-bond acceptors (Lipinski definition) is 5. The molecule has 3 N–H and O–H groups in total. The third kappa shape index (κ3) is 5.80. The van der Waals surface area contributed by atoms with E-state index in [0.29, 0.717) is 38.6 Å². The van der Waals surface area contributed by atoms with Crippen molar-refractivity contribution in [3.63, 3.8) is 0 Å². The highest BCUT2D eigenvalue weighted by Crippen LogP contribution is 2.30. The lowest BCUT2D eigenvalue weighted by Gasteiger charge is -2.43. The zero-order chi connectivity index (χ0) is 26.6. The van der Waals surface area contributed by atoms with Crippen LogP contribution in [-0.2, 0) is 20.9 Å². The maximum atomic E-state index is 13.1. The molecule has 4 heterocycles. The number of nitrogens with two attached hydrogens (primary N) is 1. The predicted octanol–water partition coefficient (Wildman–Crippen LogP) is 1.95. The van der Waals surface area contributed by atoms with Gasteiger partial charge in [0.25, 0.3) is 0 Å². The monoisotopic (exact) mass is 523 g/mol. The van der Waals surface area contributed by atoms with E-state index in [-0.39, 0.29) is 36.7 Å². The van der Waals surface area contributed by atoms with Gasteiger partial charge in [0.2, 0.25) is 17.7 Å². The van der Waals surface area contributed by atoms with Crippen LogP contribution in [0.2, 0.25) is 0 Å². The van der Waals surface area contributed by atoms with Gasteiger partial charge in [0.1, 0.15) is 6.04 Å². The van der Waals surface area contributed by atoms with Crippen LogP contribution in [-0.4, -0.2) is 94.2 Å². The first-order chi connectivity index (χ1) is 18.4. The molecule has 4 aliphatic heterocycles. The van der Waals surface area contributed by atoms with E-state index in [4.69, 9.17) is 5.73 Å². The van der Waals surface area contributed by atoms with Gasteiger partial charge in [0.05, 0.1) is 6.42 Å². The number of likely N-dealkylation sites (tertiary alicyclic amines) is 3. The summed E-state index contributed by atoms with van der Waals surface area (Å²) in [5.74, 6) is -0.992. The molecule has 5 amide bonds. The van der Waals surface area contributed by atoms with Gasteiger partial charge >= 0.3 is 6.03 Å². The smallest absolute Gasteiger partial charge is 0.322 e. The summed E-state index contributed by atoms with van der Waals surface area (Å²) in [6.07, 6.45) is 8.00. The minimum Gasteiger partial charge on any atom is -0.368 e. The summed E-state index contributed by atoms with van der Waals surface area (Å²) in [6, 6.07) is 6.96. The van der Waals surface area contributed by atoms with Gasteiger partial charge in [-0.05, 0) is 63.2 Å². The molecular weight excluding hydrogens is 484 g/mol. The van der Waals surface area contributed by atoms with Crippen LogP contribution < -0.4 is 11.1 Å². The molecule has 0 bridgehead atoms. The lowest BCUT2D eigenvalue weighted by Crippen LogP contribution is -2.58. The van der Waals surface area contributed by atoms with Crippen LogP contribution in [0.1, 0.15) is 56.9 Å². The lowest BCUT2D eigenvalue weighted by molar-refractivity contribution is -0.142. The molecular formula is C28H39N6O4. The zero-order valence-corrected chi connectivity index (χ0v) is 22.0. The molecule has 1 radical (unpaired) electrons. The van der Waals surface area contributed by atoms with Gasteiger partial charge < -0.3 is 30.7 Å². The van der Waals surface area contributed by atoms with Crippen molar-refractivity contribution < 1.29 is 19.2 Å². The maximum absolute atomic E-state index is 13.1. The van der Waals surface area contributed by atoms with Crippen LogP contribution in [0.15, 0.2) is 24.3 Å². The standard InChI is InChI=1S/C28H39N6O4/c29-27(37)24-18-22(34-19-20-6-2-3-7-23(20)30-28(34)38)12-17-33(24)26(36)9-8-25(35)32-15-10-21(11-16-32)31-13-4-1-5-14-31/h2-3,6-8,21-22,24H,1,4-5,9-19H2,(H2,29,37)(H,30,38). The SMILES string of the molecule is NC(=O)C1CC(N2Cc3ccccc3NC2=O)CCN1C(=O)C[CH]C(=O)N1CCC(N2CCCCC2)CC1. The Kier molecular flexibility index (Phi) is 8.16. The van der Waals surface area contributed by atoms with Gasteiger partial charge in [-0.3, -0.25) is 14.4 Å². The summed E-state index contributed by atoms with van der Waals surface area (Å²) >= 11 is 0. The summed E-state index contributed by atoms with van der Waals surface area (Å²) < 4.78 is 0. The molecule has 3 fully saturated rings. The summed E-state index contributed by atoms with van der Waals surface area (Å²) in [5.41, 5.74) is 7.51. The number of piperidine rings is 3. The first-order valence-electron chi connectivity index (χ1n) is 14.0. The maximum Gasteiger partial charge on any atom is 0.322 e. The second kappa shape index (κ2) is 11.7. The van der Waals surface area contributed by atoms with Crippen LogP contribution in [0.3, 0.4) is 0 Å². The zero-order valence-electron chi connectivity index (χ0n) is 22.0. The van der Waals surface area contributed by atoms with E-state index >= 15 is 0 Å². The normalized spacial score (nSPS) is 25.1. The van der Waals surface area contributed by atoms with Crippen LogP contribution in [0.25, 0.3) is 0 Å². The van der Waals surface area contributed by atoms with Crippen molar-refractivity contribution in [2.75, 3.05) is 38.0 Å². The fourth-order valence-electron chi connectivity index (χ4n) is 6.47. The number of hydrogen-bond donors (Lipinski definition) is 2. The Hall–Kier alpha value is -3.14. The highest BCUT2D eigenvalue weighted by Gasteiger charge is 2.40. The number of amides is 5. The summed E-state index contributed by atoms with van der Waals surface area (Å²) in [5, 5.41) is 2.91. The third-order valence-electron chi connectivity index (χ3n) is 8.66. The molecule has 38 heavy (non-hydrogen) atoms. The topological polar surface area (TPSA) is 119 Å². The van der Waals surface area contributed by atoms with E-state index in [1.165, 1.54) is 30.6 Å². The van der Waals surface area contributed by atoms with Crippen molar-refractivity contribution in [1.29, 1.82) is 0 Å². The molecule has 205 valence electrons. The van der Waals surface area contributed by atoms with E-state index in [1.807, 2.05) is 29.2 Å². The Bertz CT molecular complexity index is 1050. The van der Waals surface area contributed by atoms with Crippen LogP contribution in [0, 0.1) is 6.42 Å². The third-order valence-corrected chi connectivity index (χ3v) is 8.66. The lowest BCUT2D eigenvalue weighted by atomic mass is 9.93. The number of nitrogens with zero attached hydrogens (tertiary/aromatic N) is 4. The highest BCUT2D eigenvalue weighted by atomic mass is 16.2. The van der Waals surface area contributed by atoms with E-state index in [9.17, 15) is 19.2 Å². The quantitative estimate of drug-likeness (QED) is 0.591. The van der Waals surface area contributed by atoms with Gasteiger partial charge in [-0.2, -0.15) is 0 Å². The Morgan fingerprint density at radius 1 is 0.947 bits per heavy atom.